The number of pyridine rings is 1. The van der Waals surface area contributed by atoms with E-state index in [1.165, 1.54) is 39.2 Å². The fourth-order valence-corrected chi connectivity index (χ4v) is 6.66. The summed E-state index contributed by atoms with van der Waals surface area (Å²) >= 11 is 5.65. The van der Waals surface area contributed by atoms with Crippen molar-refractivity contribution < 1.29 is 9.84 Å². The number of nitrogens with one attached hydrogen (secondary N) is 2. The van der Waals surface area contributed by atoms with Crippen LogP contribution in [0.25, 0.3) is 22.4 Å². The predicted molar refractivity (Wildman–Crippen MR) is 131 cm³/mol. The number of fused-ring (bicyclic) bond motifs is 1. The zero-order valence-corrected chi connectivity index (χ0v) is 19.3. The van der Waals surface area contributed by atoms with Crippen LogP contribution in [0.1, 0.15) is 32.1 Å². The average molecular weight is 462 g/mol. The number of hydrogen-bond donors (Lipinski definition) is 3. The van der Waals surface area contributed by atoms with E-state index in [1.54, 1.807) is 24.4 Å². The van der Waals surface area contributed by atoms with Gasteiger partial charge in [0, 0.05) is 11.6 Å². The van der Waals surface area contributed by atoms with Crippen LogP contribution in [-0.4, -0.2) is 38.3 Å². The number of ether oxygens (including phenoxy) is 1. The van der Waals surface area contributed by atoms with Crippen LogP contribution in [0.5, 0.6) is 11.5 Å². The van der Waals surface area contributed by atoms with E-state index in [0.29, 0.717) is 33.9 Å². The third-order valence-electron chi connectivity index (χ3n) is 7.65. The molecule has 0 amide bonds. The molecular formula is C25H27N5O2S. The number of hydrogen-bond acceptors (Lipinski definition) is 6. The summed E-state index contributed by atoms with van der Waals surface area (Å²) < 4.78 is 5.22. The van der Waals surface area contributed by atoms with Gasteiger partial charge < -0.3 is 20.5 Å². The molecular weight excluding hydrogens is 434 g/mol. The molecule has 7 nitrogen and oxygen atoms in total. The molecule has 3 N–H and O–H groups in total. The first kappa shape index (κ1) is 20.6. The lowest BCUT2D eigenvalue weighted by Crippen LogP contribution is -2.56. The van der Waals surface area contributed by atoms with E-state index in [2.05, 4.69) is 25.6 Å². The number of aromatic hydroxyl groups is 1. The van der Waals surface area contributed by atoms with Gasteiger partial charge in [-0.25, -0.2) is 15.0 Å². The van der Waals surface area contributed by atoms with Gasteiger partial charge in [-0.1, -0.05) is 0 Å². The van der Waals surface area contributed by atoms with Gasteiger partial charge in [0.2, 0.25) is 0 Å². The van der Waals surface area contributed by atoms with Gasteiger partial charge in [0.05, 0.1) is 19.0 Å². The Bertz CT molecular complexity index is 1200. The van der Waals surface area contributed by atoms with Crippen molar-refractivity contribution in [2.24, 2.45) is 23.7 Å². The fraction of sp³-hybridized carbons (Fsp3) is 0.440. The molecule has 4 aliphatic carbocycles. The Labute approximate surface area is 198 Å². The number of benzene rings is 1. The molecule has 8 heteroatoms. The van der Waals surface area contributed by atoms with Crippen LogP contribution in [0.3, 0.4) is 0 Å². The van der Waals surface area contributed by atoms with Crippen molar-refractivity contribution >= 4 is 34.3 Å². The summed E-state index contributed by atoms with van der Waals surface area (Å²) in [5.74, 6) is 4.44. The number of anilines is 1. The molecule has 1 aromatic carbocycles. The van der Waals surface area contributed by atoms with Crippen molar-refractivity contribution in [3.63, 3.8) is 0 Å². The predicted octanol–water partition coefficient (Wildman–Crippen LogP) is 4.52. The summed E-state index contributed by atoms with van der Waals surface area (Å²) in [6, 6.07) is 9.39. The molecule has 4 bridgehead atoms. The van der Waals surface area contributed by atoms with Gasteiger partial charge in [0.1, 0.15) is 5.52 Å². The fourth-order valence-electron chi connectivity index (χ4n) is 6.42. The summed E-state index contributed by atoms with van der Waals surface area (Å²) in [7, 11) is 1.52. The van der Waals surface area contributed by atoms with E-state index in [-0.39, 0.29) is 5.75 Å². The molecule has 0 aliphatic heterocycles. The minimum absolute atomic E-state index is 0.0912. The van der Waals surface area contributed by atoms with Gasteiger partial charge in [-0.2, -0.15) is 0 Å². The van der Waals surface area contributed by atoms with Crippen LogP contribution in [0.4, 0.5) is 5.82 Å². The lowest BCUT2D eigenvalue weighted by atomic mass is 9.54. The first-order chi connectivity index (χ1) is 16.1. The third-order valence-corrected chi connectivity index (χ3v) is 7.87. The molecule has 4 fully saturated rings. The normalized spacial score (nSPS) is 27.5. The third kappa shape index (κ3) is 3.86. The lowest BCUT2D eigenvalue weighted by Gasteiger charge is -2.54. The molecule has 0 spiro atoms. The molecule has 0 saturated heterocycles. The van der Waals surface area contributed by atoms with Gasteiger partial charge in [0.15, 0.2) is 28.1 Å². The summed E-state index contributed by atoms with van der Waals surface area (Å²) in [6.45, 7) is 0. The SMILES string of the molecule is COc1cc(-c2ccc3ncc(NC(=S)NC4C5CC6CC(C5)CC4C6)nc3n2)ccc1O. The molecule has 170 valence electrons. The standard InChI is InChI=1S/C25H27N5O2S/c1-32-21-11-15(2-5-20(21)31)18-3-4-19-24(27-18)28-22(12-26-19)29-25(33)30-23-16-7-13-6-14(9-16)10-17(23)8-13/h2-5,11-14,16-17,23,31H,6-10H2,1H3,(H2,27,28,29,30,33). The highest BCUT2D eigenvalue weighted by Crippen LogP contribution is 2.53. The highest BCUT2D eigenvalue weighted by atomic mass is 32.1. The number of phenolic OH excluding ortho intramolecular Hbond substituents is 1. The smallest absolute Gasteiger partial charge is 0.180 e. The maximum Gasteiger partial charge on any atom is 0.180 e. The second-order valence-corrected chi connectivity index (χ2v) is 10.1. The number of phenols is 1. The molecule has 4 saturated carbocycles. The molecule has 4 aliphatic rings. The molecule has 0 unspecified atom stereocenters. The van der Waals surface area contributed by atoms with Crippen molar-refractivity contribution in [2.75, 3.05) is 12.4 Å². The van der Waals surface area contributed by atoms with Gasteiger partial charge in [-0.3, -0.25) is 0 Å². The first-order valence-electron chi connectivity index (χ1n) is 11.6. The Morgan fingerprint density at radius 2 is 1.79 bits per heavy atom. The Morgan fingerprint density at radius 1 is 1.03 bits per heavy atom. The molecule has 2 aromatic heterocycles. The Balaban J connectivity index is 1.19. The van der Waals surface area contributed by atoms with E-state index in [9.17, 15) is 5.11 Å². The maximum absolute atomic E-state index is 9.86. The molecule has 3 aromatic rings. The van der Waals surface area contributed by atoms with Crippen LogP contribution >= 0.6 is 12.2 Å². The number of methoxy groups -OCH3 is 1. The number of rotatable bonds is 4. The highest BCUT2D eigenvalue weighted by molar-refractivity contribution is 7.80. The van der Waals surface area contributed by atoms with Gasteiger partial charge in [0.25, 0.3) is 0 Å². The van der Waals surface area contributed by atoms with E-state index in [4.69, 9.17) is 17.0 Å². The summed E-state index contributed by atoms with van der Waals surface area (Å²) in [5, 5.41) is 17.3. The minimum atomic E-state index is 0.0912. The molecule has 2 heterocycles. The largest absolute Gasteiger partial charge is 0.504 e. The van der Waals surface area contributed by atoms with Crippen molar-refractivity contribution in [2.45, 2.75) is 38.1 Å². The average Bonchev–Trinajstić information content (AvgIpc) is 2.81. The first-order valence-corrected chi connectivity index (χ1v) is 12.0. The second kappa shape index (κ2) is 8.09. The second-order valence-electron chi connectivity index (χ2n) is 9.74. The van der Waals surface area contributed by atoms with Crippen molar-refractivity contribution in [1.29, 1.82) is 0 Å². The van der Waals surface area contributed by atoms with Crippen LogP contribution in [0.2, 0.25) is 0 Å². The van der Waals surface area contributed by atoms with E-state index in [0.717, 1.165) is 34.9 Å². The maximum atomic E-state index is 9.86. The summed E-state index contributed by atoms with van der Waals surface area (Å²) in [4.78, 5) is 13.8. The monoisotopic (exact) mass is 461 g/mol. The minimum Gasteiger partial charge on any atom is -0.504 e. The van der Waals surface area contributed by atoms with Crippen LogP contribution < -0.4 is 15.4 Å². The Hall–Kier alpha value is -3.00. The quantitative estimate of drug-likeness (QED) is 0.489. The van der Waals surface area contributed by atoms with E-state index in [1.807, 2.05) is 12.1 Å². The number of thiocarbonyl (C=S) groups is 1. The zero-order valence-electron chi connectivity index (χ0n) is 18.5. The molecule has 33 heavy (non-hydrogen) atoms. The number of nitrogens with zero attached hydrogens (tertiary/aromatic N) is 3. The van der Waals surface area contributed by atoms with E-state index >= 15 is 0 Å². The summed E-state index contributed by atoms with van der Waals surface area (Å²) in [6.07, 6.45) is 8.52. The van der Waals surface area contributed by atoms with Gasteiger partial charge in [-0.05, 0) is 98.3 Å². The van der Waals surface area contributed by atoms with Crippen molar-refractivity contribution in [3.05, 3.63) is 36.5 Å². The van der Waals surface area contributed by atoms with Crippen molar-refractivity contribution in [1.82, 2.24) is 20.3 Å². The van der Waals surface area contributed by atoms with E-state index < -0.39 is 0 Å². The Kier molecular flexibility index (Phi) is 5.05. The van der Waals surface area contributed by atoms with Crippen LogP contribution in [-0.2, 0) is 0 Å². The van der Waals surface area contributed by atoms with Crippen molar-refractivity contribution in [3.8, 4) is 22.8 Å². The van der Waals surface area contributed by atoms with Gasteiger partial charge >= 0.3 is 0 Å². The molecule has 7 rings (SSSR count). The Morgan fingerprint density at radius 3 is 2.52 bits per heavy atom. The lowest BCUT2D eigenvalue weighted by molar-refractivity contribution is -0.00665. The van der Waals surface area contributed by atoms with Gasteiger partial charge in [-0.15, -0.1) is 0 Å². The summed E-state index contributed by atoms with van der Waals surface area (Å²) in [5.41, 5.74) is 2.78. The van der Waals surface area contributed by atoms with Crippen LogP contribution in [0.15, 0.2) is 36.5 Å². The highest BCUT2D eigenvalue weighted by Gasteiger charge is 2.48. The topological polar surface area (TPSA) is 92.2 Å². The zero-order chi connectivity index (χ0) is 22.5. The molecule has 0 atom stereocenters. The molecule has 0 radical (unpaired) electrons. The van der Waals surface area contributed by atoms with Crippen LogP contribution in [0, 0.1) is 23.7 Å². The number of aromatic nitrogens is 3.